The third-order valence-corrected chi connectivity index (χ3v) is 5.13. The van der Waals surface area contributed by atoms with Crippen LogP contribution in [0.3, 0.4) is 0 Å². The van der Waals surface area contributed by atoms with Gasteiger partial charge in [0.2, 0.25) is 0 Å². The summed E-state index contributed by atoms with van der Waals surface area (Å²) in [7, 11) is 1.56. The van der Waals surface area contributed by atoms with Crippen molar-refractivity contribution in [2.24, 2.45) is 0 Å². The molecule has 0 bridgehead atoms. The topological polar surface area (TPSA) is 67.9 Å². The lowest BCUT2D eigenvalue weighted by atomic mass is 10.0. The molecule has 0 atom stereocenters. The SMILES string of the molecule is CCCOc1ccc(C2=C(Nc3ccc(OC)cc3)C(=O)N(c3cccc(F)c3)C2=O)cc1. The maximum Gasteiger partial charge on any atom is 0.282 e. The van der Waals surface area contributed by atoms with E-state index >= 15 is 0 Å². The van der Waals surface area contributed by atoms with Gasteiger partial charge in [0.15, 0.2) is 0 Å². The highest BCUT2D eigenvalue weighted by Crippen LogP contribution is 2.34. The second-order valence-electron chi connectivity index (χ2n) is 7.40. The van der Waals surface area contributed by atoms with Crippen LogP contribution in [0.25, 0.3) is 5.57 Å². The summed E-state index contributed by atoms with van der Waals surface area (Å²) >= 11 is 0. The van der Waals surface area contributed by atoms with E-state index in [0.717, 1.165) is 17.4 Å². The fraction of sp³-hybridized carbons (Fsp3) is 0.154. The number of rotatable bonds is 8. The molecular weight excluding hydrogens is 423 g/mol. The molecule has 1 aliphatic rings. The number of ether oxygens (including phenoxy) is 2. The van der Waals surface area contributed by atoms with Crippen molar-refractivity contribution in [2.45, 2.75) is 13.3 Å². The molecule has 0 fully saturated rings. The van der Waals surface area contributed by atoms with Gasteiger partial charge in [0.05, 0.1) is 25.0 Å². The lowest BCUT2D eigenvalue weighted by Crippen LogP contribution is -2.32. The van der Waals surface area contributed by atoms with Crippen LogP contribution in [0.15, 0.2) is 78.5 Å². The van der Waals surface area contributed by atoms with Crippen LogP contribution in [0.2, 0.25) is 0 Å². The quantitative estimate of drug-likeness (QED) is 0.492. The second-order valence-corrected chi connectivity index (χ2v) is 7.40. The third kappa shape index (κ3) is 4.57. The van der Waals surface area contributed by atoms with E-state index in [4.69, 9.17) is 9.47 Å². The number of imide groups is 1. The summed E-state index contributed by atoms with van der Waals surface area (Å²) in [5.74, 6) is -0.313. The predicted molar refractivity (Wildman–Crippen MR) is 125 cm³/mol. The molecule has 168 valence electrons. The number of halogens is 1. The molecule has 1 aliphatic heterocycles. The van der Waals surface area contributed by atoms with E-state index in [2.05, 4.69) is 5.32 Å². The molecule has 3 aromatic carbocycles. The summed E-state index contributed by atoms with van der Waals surface area (Å²) in [5.41, 5.74) is 1.62. The lowest BCUT2D eigenvalue weighted by molar-refractivity contribution is -0.120. The van der Waals surface area contributed by atoms with Crippen LogP contribution < -0.4 is 19.7 Å². The van der Waals surface area contributed by atoms with Crippen molar-refractivity contribution in [3.8, 4) is 11.5 Å². The summed E-state index contributed by atoms with van der Waals surface area (Å²) < 4.78 is 24.6. The first-order chi connectivity index (χ1) is 16.0. The molecule has 3 aromatic rings. The van der Waals surface area contributed by atoms with E-state index in [1.807, 2.05) is 6.92 Å². The minimum Gasteiger partial charge on any atom is -0.497 e. The number of methoxy groups -OCH3 is 1. The average Bonchev–Trinajstić information content (AvgIpc) is 3.07. The van der Waals surface area contributed by atoms with Crippen molar-refractivity contribution in [1.82, 2.24) is 0 Å². The molecule has 6 nitrogen and oxygen atoms in total. The Morgan fingerprint density at radius 1 is 0.909 bits per heavy atom. The molecule has 0 saturated heterocycles. The summed E-state index contributed by atoms with van der Waals surface area (Å²) in [4.78, 5) is 27.8. The minimum absolute atomic E-state index is 0.108. The lowest BCUT2D eigenvalue weighted by Gasteiger charge is -2.15. The highest BCUT2D eigenvalue weighted by molar-refractivity contribution is 6.46. The van der Waals surface area contributed by atoms with Crippen LogP contribution in [0.5, 0.6) is 11.5 Å². The number of anilines is 2. The number of nitrogens with one attached hydrogen (secondary N) is 1. The van der Waals surface area contributed by atoms with Gasteiger partial charge in [0, 0.05) is 5.69 Å². The Kier molecular flexibility index (Phi) is 6.40. The van der Waals surface area contributed by atoms with Crippen molar-refractivity contribution >= 4 is 28.8 Å². The maximum absolute atomic E-state index is 13.9. The largest absolute Gasteiger partial charge is 0.497 e. The minimum atomic E-state index is -0.567. The van der Waals surface area contributed by atoms with Crippen LogP contribution in [0.4, 0.5) is 15.8 Å². The smallest absolute Gasteiger partial charge is 0.282 e. The van der Waals surface area contributed by atoms with E-state index in [0.29, 0.717) is 29.4 Å². The standard InChI is InChI=1S/C26H23FN2O4/c1-3-15-33-22-11-7-17(8-12-22)23-24(28-19-9-13-21(32-2)14-10-19)26(31)29(25(23)30)20-6-4-5-18(27)16-20/h4-14,16,28H,3,15H2,1-2H3. The number of benzene rings is 3. The number of amides is 2. The van der Waals surface area contributed by atoms with Gasteiger partial charge in [-0.1, -0.05) is 25.1 Å². The average molecular weight is 446 g/mol. The molecule has 33 heavy (non-hydrogen) atoms. The van der Waals surface area contributed by atoms with Crippen LogP contribution in [-0.2, 0) is 9.59 Å². The summed E-state index contributed by atoms with van der Waals surface area (Å²) in [6.45, 7) is 2.59. The normalized spacial score (nSPS) is 13.5. The summed E-state index contributed by atoms with van der Waals surface area (Å²) in [6, 6.07) is 19.3. The molecule has 0 aromatic heterocycles. The zero-order chi connectivity index (χ0) is 23.4. The van der Waals surface area contributed by atoms with Gasteiger partial charge in [-0.05, 0) is 66.6 Å². The Balaban J connectivity index is 1.75. The van der Waals surface area contributed by atoms with Crippen LogP contribution in [0.1, 0.15) is 18.9 Å². The number of hydrogen-bond donors (Lipinski definition) is 1. The van der Waals surface area contributed by atoms with Crippen molar-refractivity contribution in [2.75, 3.05) is 23.9 Å². The van der Waals surface area contributed by atoms with Crippen LogP contribution in [-0.4, -0.2) is 25.5 Å². The number of nitrogens with zero attached hydrogens (tertiary/aromatic N) is 1. The fourth-order valence-electron chi connectivity index (χ4n) is 3.52. The predicted octanol–water partition coefficient (Wildman–Crippen LogP) is 5.02. The molecule has 0 spiro atoms. The van der Waals surface area contributed by atoms with E-state index in [-0.39, 0.29) is 17.0 Å². The van der Waals surface area contributed by atoms with Gasteiger partial charge in [-0.15, -0.1) is 0 Å². The van der Waals surface area contributed by atoms with Crippen LogP contribution >= 0.6 is 0 Å². The monoisotopic (exact) mass is 446 g/mol. The summed E-state index contributed by atoms with van der Waals surface area (Å²) in [6.07, 6.45) is 0.873. The van der Waals surface area contributed by atoms with Gasteiger partial charge >= 0.3 is 0 Å². The molecule has 4 rings (SSSR count). The van der Waals surface area contributed by atoms with E-state index in [1.54, 1.807) is 55.6 Å². The highest BCUT2D eigenvalue weighted by atomic mass is 19.1. The molecule has 0 saturated carbocycles. The van der Waals surface area contributed by atoms with Gasteiger partial charge in [-0.2, -0.15) is 0 Å². The highest BCUT2D eigenvalue weighted by Gasteiger charge is 2.40. The molecule has 1 N–H and O–H groups in total. The van der Waals surface area contributed by atoms with Crippen molar-refractivity contribution in [3.63, 3.8) is 0 Å². The van der Waals surface area contributed by atoms with Gasteiger partial charge < -0.3 is 14.8 Å². The molecule has 0 unspecified atom stereocenters. The second kappa shape index (κ2) is 9.56. The number of hydrogen-bond acceptors (Lipinski definition) is 5. The number of carbonyl (C=O) groups excluding carboxylic acids is 2. The van der Waals surface area contributed by atoms with Crippen molar-refractivity contribution in [1.29, 1.82) is 0 Å². The molecule has 0 radical (unpaired) electrons. The fourth-order valence-corrected chi connectivity index (χ4v) is 3.52. The molecule has 0 aliphatic carbocycles. The van der Waals surface area contributed by atoms with E-state index in [9.17, 15) is 14.0 Å². The Hall–Kier alpha value is -4.13. The summed E-state index contributed by atoms with van der Waals surface area (Å²) in [5, 5.41) is 3.07. The Labute approximate surface area is 191 Å². The van der Waals surface area contributed by atoms with Gasteiger partial charge in [0.25, 0.3) is 11.8 Å². The first-order valence-electron chi connectivity index (χ1n) is 10.5. The zero-order valence-corrected chi connectivity index (χ0v) is 18.3. The van der Waals surface area contributed by atoms with Crippen molar-refractivity contribution < 1.29 is 23.5 Å². The Bertz CT molecular complexity index is 1200. The third-order valence-electron chi connectivity index (χ3n) is 5.13. The Morgan fingerprint density at radius 2 is 1.61 bits per heavy atom. The number of carbonyl (C=O) groups is 2. The Morgan fingerprint density at radius 3 is 2.24 bits per heavy atom. The van der Waals surface area contributed by atoms with Gasteiger partial charge in [-0.3, -0.25) is 9.59 Å². The zero-order valence-electron chi connectivity index (χ0n) is 18.3. The van der Waals surface area contributed by atoms with E-state index < -0.39 is 17.6 Å². The van der Waals surface area contributed by atoms with Gasteiger partial charge in [0.1, 0.15) is 23.0 Å². The molecule has 7 heteroatoms. The molecule has 2 amide bonds. The first-order valence-corrected chi connectivity index (χ1v) is 10.5. The molecular formula is C26H23FN2O4. The molecule has 1 heterocycles. The van der Waals surface area contributed by atoms with Gasteiger partial charge in [-0.25, -0.2) is 9.29 Å². The van der Waals surface area contributed by atoms with E-state index in [1.165, 1.54) is 18.2 Å². The maximum atomic E-state index is 13.9. The van der Waals surface area contributed by atoms with Crippen LogP contribution in [0, 0.1) is 5.82 Å². The van der Waals surface area contributed by atoms with Crippen molar-refractivity contribution in [3.05, 3.63) is 89.9 Å². The first kappa shape index (κ1) is 22.1.